The van der Waals surface area contributed by atoms with E-state index in [0.29, 0.717) is 41.6 Å². The quantitative estimate of drug-likeness (QED) is 0.734. The molecule has 0 saturated heterocycles. The van der Waals surface area contributed by atoms with Crippen molar-refractivity contribution in [3.63, 3.8) is 0 Å². The largest absolute Gasteiger partial charge is 0.387 e. The minimum Gasteiger partial charge on any atom is -0.387 e. The number of benzene rings is 1. The van der Waals surface area contributed by atoms with Crippen LogP contribution in [-0.4, -0.2) is 45.2 Å². The highest BCUT2D eigenvalue weighted by Gasteiger charge is 2.21. The summed E-state index contributed by atoms with van der Waals surface area (Å²) >= 11 is 0. The van der Waals surface area contributed by atoms with Crippen LogP contribution in [0, 0.1) is 0 Å². The average Bonchev–Trinajstić information content (AvgIpc) is 3.03. The van der Waals surface area contributed by atoms with Crippen molar-refractivity contribution in [1.82, 2.24) is 14.5 Å². The number of aromatic nitrogens is 2. The summed E-state index contributed by atoms with van der Waals surface area (Å²) in [7, 11) is 1.80. The number of anilines is 1. The van der Waals surface area contributed by atoms with E-state index in [-0.39, 0.29) is 18.2 Å². The summed E-state index contributed by atoms with van der Waals surface area (Å²) in [6.45, 7) is 5.53. The van der Waals surface area contributed by atoms with E-state index < -0.39 is 0 Å². The third-order valence-corrected chi connectivity index (χ3v) is 4.87. The number of nitrogens with two attached hydrogens (primary N) is 1. The highest BCUT2D eigenvalue weighted by molar-refractivity contribution is 6.07. The number of amides is 2. The molecule has 0 spiro atoms. The minimum atomic E-state index is -0.267. The Labute approximate surface area is 176 Å². The van der Waals surface area contributed by atoms with Crippen molar-refractivity contribution < 1.29 is 9.59 Å². The minimum absolute atomic E-state index is 0.0114. The second kappa shape index (κ2) is 9.39. The van der Waals surface area contributed by atoms with Crippen LogP contribution in [0.2, 0.25) is 0 Å². The fraction of sp³-hybridized carbons (Fsp3) is 0.364. The summed E-state index contributed by atoms with van der Waals surface area (Å²) in [5.74, 6) is 0.669. The van der Waals surface area contributed by atoms with Gasteiger partial charge in [0, 0.05) is 43.3 Å². The van der Waals surface area contributed by atoms with Gasteiger partial charge in [0.05, 0.1) is 18.2 Å². The molecule has 0 saturated carbocycles. The van der Waals surface area contributed by atoms with Crippen molar-refractivity contribution in [2.75, 3.05) is 18.4 Å². The Bertz CT molecular complexity index is 999. The van der Waals surface area contributed by atoms with Crippen molar-refractivity contribution in [1.29, 1.82) is 0 Å². The van der Waals surface area contributed by atoms with Gasteiger partial charge in [-0.05, 0) is 31.1 Å². The summed E-state index contributed by atoms with van der Waals surface area (Å²) < 4.78 is 1.72. The van der Waals surface area contributed by atoms with E-state index in [1.807, 2.05) is 11.0 Å². The van der Waals surface area contributed by atoms with Crippen LogP contribution in [0.1, 0.15) is 49.0 Å². The van der Waals surface area contributed by atoms with Gasteiger partial charge < -0.3 is 20.5 Å². The lowest BCUT2D eigenvalue weighted by molar-refractivity contribution is -0.127. The van der Waals surface area contributed by atoms with Gasteiger partial charge in [-0.25, -0.2) is 9.98 Å². The Hall–Kier alpha value is -3.42. The van der Waals surface area contributed by atoms with E-state index in [9.17, 15) is 9.59 Å². The lowest BCUT2D eigenvalue weighted by Gasteiger charge is -2.22. The molecule has 0 aliphatic carbocycles. The van der Waals surface area contributed by atoms with E-state index in [0.717, 1.165) is 18.4 Å². The van der Waals surface area contributed by atoms with Crippen molar-refractivity contribution in [2.24, 2.45) is 17.8 Å². The summed E-state index contributed by atoms with van der Waals surface area (Å²) in [5, 5.41) is 2.82. The second-order valence-corrected chi connectivity index (χ2v) is 7.36. The third kappa shape index (κ3) is 4.76. The normalized spacial score (nSPS) is 13.0. The molecular weight excluding hydrogens is 380 g/mol. The van der Waals surface area contributed by atoms with Crippen LogP contribution >= 0.6 is 0 Å². The maximum Gasteiger partial charge on any atom is 0.256 e. The maximum absolute atomic E-state index is 13.0. The Morgan fingerprint density at radius 1 is 1.23 bits per heavy atom. The first-order valence-electron chi connectivity index (χ1n) is 10.2. The van der Waals surface area contributed by atoms with Gasteiger partial charge in [0.15, 0.2) is 0 Å². The summed E-state index contributed by atoms with van der Waals surface area (Å²) in [5.41, 5.74) is 8.52. The fourth-order valence-electron chi connectivity index (χ4n) is 3.39. The van der Waals surface area contributed by atoms with Gasteiger partial charge in [-0.15, -0.1) is 0 Å². The monoisotopic (exact) mass is 408 g/mol. The van der Waals surface area contributed by atoms with E-state index in [4.69, 9.17) is 5.73 Å². The SMILES string of the molecule is CCCN(CCC)C(=O)C1=Cc2ccc(C(=O)Nc3cncn3C)cc2N=C(N)C1. The molecule has 8 nitrogen and oxygen atoms in total. The van der Waals surface area contributed by atoms with E-state index in [1.165, 1.54) is 0 Å². The topological polar surface area (TPSA) is 106 Å². The van der Waals surface area contributed by atoms with Crippen molar-refractivity contribution >= 4 is 35.2 Å². The Morgan fingerprint density at radius 2 is 1.97 bits per heavy atom. The molecular formula is C22H28N6O2. The zero-order valence-electron chi connectivity index (χ0n) is 17.7. The number of imidazole rings is 1. The molecule has 3 N–H and O–H groups in total. The molecule has 2 amide bonds. The van der Waals surface area contributed by atoms with Crippen LogP contribution in [0.5, 0.6) is 0 Å². The summed E-state index contributed by atoms with van der Waals surface area (Å²) in [6, 6.07) is 5.20. The summed E-state index contributed by atoms with van der Waals surface area (Å²) in [6.07, 6.45) is 7.11. The van der Waals surface area contributed by atoms with Crippen LogP contribution in [0.25, 0.3) is 6.08 Å². The molecule has 2 aromatic rings. The lowest BCUT2D eigenvalue weighted by atomic mass is 10.0. The van der Waals surface area contributed by atoms with E-state index in [1.54, 1.807) is 42.3 Å². The van der Waals surface area contributed by atoms with Crippen LogP contribution in [0.15, 0.2) is 41.3 Å². The predicted molar refractivity (Wildman–Crippen MR) is 119 cm³/mol. The Balaban J connectivity index is 1.88. The van der Waals surface area contributed by atoms with Crippen LogP contribution < -0.4 is 11.1 Å². The average molecular weight is 409 g/mol. The van der Waals surface area contributed by atoms with Crippen LogP contribution in [0.3, 0.4) is 0 Å². The highest BCUT2D eigenvalue weighted by atomic mass is 16.2. The van der Waals surface area contributed by atoms with Crippen molar-refractivity contribution in [2.45, 2.75) is 33.1 Å². The number of carbonyl (C=O) groups is 2. The first-order chi connectivity index (χ1) is 14.4. The molecule has 8 heteroatoms. The third-order valence-electron chi connectivity index (χ3n) is 4.87. The van der Waals surface area contributed by atoms with Gasteiger partial charge in [-0.2, -0.15) is 0 Å². The maximum atomic E-state index is 13.0. The molecule has 0 radical (unpaired) electrons. The number of hydrogen-bond acceptors (Lipinski definition) is 5. The van der Waals surface area contributed by atoms with Crippen molar-refractivity contribution in [3.8, 4) is 0 Å². The number of rotatable bonds is 7. The zero-order valence-corrected chi connectivity index (χ0v) is 17.7. The first-order valence-corrected chi connectivity index (χ1v) is 10.2. The molecule has 1 aliphatic heterocycles. The van der Waals surface area contributed by atoms with Gasteiger partial charge in [-0.3, -0.25) is 9.59 Å². The molecule has 0 fully saturated rings. The van der Waals surface area contributed by atoms with Crippen LogP contribution in [0.4, 0.5) is 11.5 Å². The second-order valence-electron chi connectivity index (χ2n) is 7.36. The standard InChI is InChI=1S/C22H28N6O2/c1-4-8-28(9-5-2)22(30)17-10-15-6-7-16(11-18(15)25-19(23)12-17)21(29)26-20-13-24-14-27(20)3/h6-7,10-11,13-14H,4-5,8-9,12H2,1-3H3,(H2,23,25)(H,26,29). The first kappa shape index (κ1) is 21.3. The number of nitrogens with one attached hydrogen (secondary N) is 1. The number of hydrogen-bond donors (Lipinski definition) is 2. The molecule has 1 aromatic heterocycles. The zero-order chi connectivity index (χ0) is 21.7. The van der Waals surface area contributed by atoms with Gasteiger partial charge >= 0.3 is 0 Å². The van der Waals surface area contributed by atoms with Gasteiger partial charge in [0.2, 0.25) is 5.91 Å². The molecule has 2 heterocycles. The van der Waals surface area contributed by atoms with Gasteiger partial charge in [0.1, 0.15) is 11.7 Å². The van der Waals surface area contributed by atoms with Gasteiger partial charge in [0.25, 0.3) is 5.91 Å². The molecule has 1 aromatic carbocycles. The number of nitrogens with zero attached hydrogens (tertiary/aromatic N) is 4. The molecule has 0 unspecified atom stereocenters. The van der Waals surface area contributed by atoms with E-state index in [2.05, 4.69) is 29.1 Å². The number of amidine groups is 1. The number of aliphatic imine (C=N–C) groups is 1. The van der Waals surface area contributed by atoms with E-state index >= 15 is 0 Å². The number of carbonyl (C=O) groups excluding carboxylic acids is 2. The smallest absolute Gasteiger partial charge is 0.256 e. The molecule has 0 atom stereocenters. The fourth-order valence-corrected chi connectivity index (χ4v) is 3.39. The molecule has 158 valence electrons. The summed E-state index contributed by atoms with van der Waals surface area (Å²) in [4.78, 5) is 36.0. The number of aryl methyl sites for hydroxylation is 1. The lowest BCUT2D eigenvalue weighted by Crippen LogP contribution is -2.34. The molecule has 3 rings (SSSR count). The van der Waals surface area contributed by atoms with Gasteiger partial charge in [-0.1, -0.05) is 19.9 Å². The molecule has 1 aliphatic rings. The number of fused-ring (bicyclic) bond motifs is 1. The molecule has 0 bridgehead atoms. The highest BCUT2D eigenvalue weighted by Crippen LogP contribution is 2.28. The van der Waals surface area contributed by atoms with Crippen molar-refractivity contribution in [3.05, 3.63) is 47.4 Å². The molecule has 30 heavy (non-hydrogen) atoms. The van der Waals surface area contributed by atoms with Crippen LogP contribution in [-0.2, 0) is 11.8 Å². The predicted octanol–water partition coefficient (Wildman–Crippen LogP) is 3.10. The Kier molecular flexibility index (Phi) is 6.66. The Morgan fingerprint density at radius 3 is 2.60 bits per heavy atom.